The van der Waals surface area contributed by atoms with E-state index in [1.54, 1.807) is 0 Å². The molecule has 10 heavy (non-hydrogen) atoms. The van der Waals surface area contributed by atoms with Crippen molar-refractivity contribution in [2.24, 2.45) is 0 Å². The average Bonchev–Trinajstić information content (AvgIpc) is 1.78. The highest BCUT2D eigenvalue weighted by Crippen LogP contribution is 2.05. The van der Waals surface area contributed by atoms with E-state index in [-0.39, 0.29) is 5.60 Å². The van der Waals surface area contributed by atoms with Crippen molar-refractivity contribution in [3.63, 3.8) is 0 Å². The molecule has 0 aliphatic carbocycles. The van der Waals surface area contributed by atoms with Crippen LogP contribution in [0.3, 0.4) is 0 Å². The van der Waals surface area contributed by atoms with Crippen LogP contribution in [0, 0.1) is 0 Å². The highest BCUT2D eigenvalue weighted by Gasteiger charge is 2.08. The normalized spacial score (nSPS) is 12.0. The second-order valence-corrected chi connectivity index (χ2v) is 3.08. The minimum Gasteiger partial charge on any atom is -0.350 e. The standard InChI is InChI=1S/C7H17NO2/c1-7(2,3)10-6-9-5-8-4/h8H,5-6H2,1-4H3. The Balaban J connectivity index is 3.04. The van der Waals surface area contributed by atoms with E-state index in [1.165, 1.54) is 0 Å². The van der Waals surface area contributed by atoms with Crippen LogP contribution in [0.2, 0.25) is 0 Å². The first kappa shape index (κ1) is 9.88. The van der Waals surface area contributed by atoms with Gasteiger partial charge in [-0.1, -0.05) is 0 Å². The second-order valence-electron chi connectivity index (χ2n) is 3.08. The summed E-state index contributed by atoms with van der Waals surface area (Å²) in [6.07, 6.45) is 0. The average molecular weight is 147 g/mol. The number of rotatable bonds is 4. The lowest BCUT2D eigenvalue weighted by molar-refractivity contribution is -0.122. The van der Waals surface area contributed by atoms with Crippen molar-refractivity contribution < 1.29 is 9.47 Å². The molecule has 0 atom stereocenters. The fourth-order valence-electron chi connectivity index (χ4n) is 0.362. The molecule has 0 aliphatic heterocycles. The van der Waals surface area contributed by atoms with Gasteiger partial charge in [-0.05, 0) is 27.8 Å². The third kappa shape index (κ3) is 7.88. The van der Waals surface area contributed by atoms with Crippen molar-refractivity contribution in [3.05, 3.63) is 0 Å². The van der Waals surface area contributed by atoms with E-state index < -0.39 is 0 Å². The van der Waals surface area contributed by atoms with Crippen LogP contribution in [0.15, 0.2) is 0 Å². The van der Waals surface area contributed by atoms with Gasteiger partial charge in [0.1, 0.15) is 6.79 Å². The summed E-state index contributed by atoms with van der Waals surface area (Å²) in [7, 11) is 1.83. The van der Waals surface area contributed by atoms with Crippen LogP contribution in [-0.4, -0.2) is 26.2 Å². The SMILES string of the molecule is CNCOCOC(C)(C)C. The smallest absolute Gasteiger partial charge is 0.149 e. The monoisotopic (exact) mass is 147 g/mol. The number of nitrogens with one attached hydrogen (secondary N) is 1. The van der Waals surface area contributed by atoms with E-state index in [0.717, 1.165) is 0 Å². The van der Waals surface area contributed by atoms with Crippen molar-refractivity contribution in [3.8, 4) is 0 Å². The first-order valence-corrected chi connectivity index (χ1v) is 3.42. The maximum absolute atomic E-state index is 5.27. The molecule has 0 saturated carbocycles. The molecule has 3 nitrogen and oxygen atoms in total. The van der Waals surface area contributed by atoms with Crippen LogP contribution in [0.1, 0.15) is 20.8 Å². The molecule has 0 fully saturated rings. The predicted octanol–water partition coefficient (Wildman–Crippen LogP) is 0.952. The summed E-state index contributed by atoms with van der Waals surface area (Å²) in [5, 5.41) is 2.85. The molecule has 0 radical (unpaired) electrons. The fourth-order valence-corrected chi connectivity index (χ4v) is 0.362. The summed E-state index contributed by atoms with van der Waals surface area (Å²) in [5.74, 6) is 0. The van der Waals surface area contributed by atoms with Gasteiger partial charge in [0.15, 0.2) is 0 Å². The van der Waals surface area contributed by atoms with Gasteiger partial charge in [-0.2, -0.15) is 0 Å². The number of hydrogen-bond acceptors (Lipinski definition) is 3. The summed E-state index contributed by atoms with van der Waals surface area (Å²) in [5.41, 5.74) is -0.103. The van der Waals surface area contributed by atoms with Crippen molar-refractivity contribution >= 4 is 0 Å². The molecule has 0 aromatic heterocycles. The minimum absolute atomic E-state index is 0.103. The quantitative estimate of drug-likeness (QED) is 0.474. The Labute approximate surface area is 62.7 Å². The van der Waals surface area contributed by atoms with Gasteiger partial charge in [0, 0.05) is 0 Å². The first-order chi connectivity index (χ1) is 4.56. The largest absolute Gasteiger partial charge is 0.350 e. The molecule has 0 saturated heterocycles. The van der Waals surface area contributed by atoms with E-state index in [1.807, 2.05) is 27.8 Å². The van der Waals surface area contributed by atoms with E-state index >= 15 is 0 Å². The van der Waals surface area contributed by atoms with E-state index in [9.17, 15) is 0 Å². The Kier molecular flexibility index (Phi) is 4.60. The van der Waals surface area contributed by atoms with Crippen LogP contribution in [0.25, 0.3) is 0 Å². The van der Waals surface area contributed by atoms with Gasteiger partial charge < -0.3 is 9.47 Å². The predicted molar refractivity (Wildman–Crippen MR) is 40.7 cm³/mol. The summed E-state index contributed by atoms with van der Waals surface area (Å²) >= 11 is 0. The molecule has 0 aliphatic rings. The number of ether oxygens (including phenoxy) is 2. The van der Waals surface area contributed by atoms with Gasteiger partial charge in [0.2, 0.25) is 0 Å². The van der Waals surface area contributed by atoms with E-state index in [4.69, 9.17) is 9.47 Å². The van der Waals surface area contributed by atoms with Crippen LogP contribution in [-0.2, 0) is 9.47 Å². The molecule has 0 aromatic rings. The summed E-state index contributed by atoms with van der Waals surface area (Å²) < 4.78 is 10.3. The Morgan fingerprint density at radius 3 is 2.30 bits per heavy atom. The van der Waals surface area contributed by atoms with E-state index in [0.29, 0.717) is 13.5 Å². The highest BCUT2D eigenvalue weighted by molar-refractivity contribution is 4.56. The Bertz CT molecular complexity index is 78.2. The first-order valence-electron chi connectivity index (χ1n) is 3.42. The lowest BCUT2D eigenvalue weighted by Gasteiger charge is -2.18. The Morgan fingerprint density at radius 1 is 1.30 bits per heavy atom. The van der Waals surface area contributed by atoms with Crippen molar-refractivity contribution in [1.82, 2.24) is 5.32 Å². The maximum Gasteiger partial charge on any atom is 0.149 e. The summed E-state index contributed by atoms with van der Waals surface area (Å²) in [4.78, 5) is 0. The third-order valence-electron chi connectivity index (χ3n) is 0.822. The number of hydrogen-bond donors (Lipinski definition) is 1. The van der Waals surface area contributed by atoms with Crippen LogP contribution >= 0.6 is 0 Å². The van der Waals surface area contributed by atoms with Crippen LogP contribution in [0.5, 0.6) is 0 Å². The molecule has 1 N–H and O–H groups in total. The lowest BCUT2D eigenvalue weighted by atomic mass is 10.2. The highest BCUT2D eigenvalue weighted by atomic mass is 16.7. The van der Waals surface area contributed by atoms with Crippen molar-refractivity contribution in [1.29, 1.82) is 0 Å². The molecular weight excluding hydrogens is 130 g/mol. The van der Waals surface area contributed by atoms with Crippen molar-refractivity contribution in [2.75, 3.05) is 20.6 Å². The zero-order valence-corrected chi connectivity index (χ0v) is 7.23. The second kappa shape index (κ2) is 4.66. The fraction of sp³-hybridized carbons (Fsp3) is 1.00. The minimum atomic E-state index is -0.103. The summed E-state index contributed by atoms with van der Waals surface area (Å²) in [6, 6.07) is 0. The zero-order valence-electron chi connectivity index (χ0n) is 7.23. The maximum atomic E-state index is 5.27. The molecule has 3 heteroatoms. The molecule has 0 aromatic carbocycles. The molecule has 0 rings (SSSR count). The molecule has 0 bridgehead atoms. The topological polar surface area (TPSA) is 30.5 Å². The third-order valence-corrected chi connectivity index (χ3v) is 0.822. The van der Waals surface area contributed by atoms with E-state index in [2.05, 4.69) is 5.32 Å². The summed E-state index contributed by atoms with van der Waals surface area (Å²) in [6.45, 7) is 6.88. The van der Waals surface area contributed by atoms with Gasteiger partial charge in [-0.25, -0.2) is 0 Å². The van der Waals surface area contributed by atoms with Gasteiger partial charge >= 0.3 is 0 Å². The molecule has 62 valence electrons. The lowest BCUT2D eigenvalue weighted by Crippen LogP contribution is -2.23. The molecule has 0 heterocycles. The van der Waals surface area contributed by atoms with Gasteiger partial charge in [0.05, 0.1) is 12.3 Å². The van der Waals surface area contributed by atoms with Gasteiger partial charge in [-0.15, -0.1) is 0 Å². The molecule has 0 amide bonds. The molecule has 0 spiro atoms. The van der Waals surface area contributed by atoms with Crippen molar-refractivity contribution in [2.45, 2.75) is 26.4 Å². The Hall–Kier alpha value is -0.120. The Morgan fingerprint density at radius 2 is 1.90 bits per heavy atom. The molecule has 0 unspecified atom stereocenters. The molecular formula is C7H17NO2. The van der Waals surface area contributed by atoms with Crippen LogP contribution < -0.4 is 5.32 Å². The zero-order chi connectivity index (χ0) is 8.04. The van der Waals surface area contributed by atoms with Gasteiger partial charge in [0.25, 0.3) is 0 Å². The van der Waals surface area contributed by atoms with Crippen LogP contribution in [0.4, 0.5) is 0 Å². The van der Waals surface area contributed by atoms with Gasteiger partial charge in [-0.3, -0.25) is 5.32 Å².